The Kier molecular flexibility index (Phi) is 4.53. The van der Waals surface area contributed by atoms with E-state index >= 15 is 0 Å². The summed E-state index contributed by atoms with van der Waals surface area (Å²) in [6.45, 7) is 2.55. The third kappa shape index (κ3) is 3.48. The molecule has 3 aliphatic rings. The fraction of sp³-hybridized carbons (Fsp3) is 0.524. The van der Waals surface area contributed by atoms with Crippen LogP contribution in [0.2, 0.25) is 0 Å². The summed E-state index contributed by atoms with van der Waals surface area (Å²) in [5.41, 5.74) is 6.56. The van der Waals surface area contributed by atoms with E-state index in [1.54, 1.807) is 6.20 Å². The zero-order chi connectivity index (χ0) is 22.8. The summed E-state index contributed by atoms with van der Waals surface area (Å²) >= 11 is 0. The van der Waals surface area contributed by atoms with Crippen LogP contribution in [-0.4, -0.2) is 54.8 Å². The third-order valence-corrected chi connectivity index (χ3v) is 6.92. The Labute approximate surface area is 187 Å². The second-order valence-corrected chi connectivity index (χ2v) is 9.05. The molecule has 5 heterocycles. The molecule has 1 aliphatic carbocycles. The highest BCUT2D eigenvalue weighted by atomic mass is 19.4. The summed E-state index contributed by atoms with van der Waals surface area (Å²) in [4.78, 5) is 6.17. The smallest absolute Gasteiger partial charge is 0.383 e. The maximum absolute atomic E-state index is 13.3. The van der Waals surface area contributed by atoms with Gasteiger partial charge in [-0.25, -0.2) is 4.98 Å². The molecule has 0 bridgehead atoms. The molecule has 1 unspecified atom stereocenters. The lowest BCUT2D eigenvalue weighted by molar-refractivity contribution is -0.137. The molecule has 1 saturated heterocycles. The number of nitrogen functional groups attached to an aromatic ring is 1. The zero-order valence-electron chi connectivity index (χ0n) is 17.7. The van der Waals surface area contributed by atoms with Crippen LogP contribution in [0.3, 0.4) is 0 Å². The van der Waals surface area contributed by atoms with Gasteiger partial charge in [0, 0.05) is 24.8 Å². The van der Waals surface area contributed by atoms with Crippen molar-refractivity contribution in [2.45, 2.75) is 43.6 Å². The van der Waals surface area contributed by atoms with Crippen molar-refractivity contribution in [1.82, 2.24) is 35.1 Å². The van der Waals surface area contributed by atoms with Gasteiger partial charge >= 0.3 is 6.18 Å². The van der Waals surface area contributed by atoms with E-state index in [-0.39, 0.29) is 11.6 Å². The number of aromatic amines is 1. The van der Waals surface area contributed by atoms with Crippen LogP contribution in [0.4, 0.5) is 19.0 Å². The average Bonchev–Trinajstić information content (AvgIpc) is 3.16. The molecule has 12 heteroatoms. The van der Waals surface area contributed by atoms with E-state index in [2.05, 4.69) is 30.4 Å². The van der Waals surface area contributed by atoms with Crippen LogP contribution in [0.15, 0.2) is 24.5 Å². The molecule has 174 valence electrons. The van der Waals surface area contributed by atoms with E-state index in [1.165, 1.54) is 19.0 Å². The fourth-order valence-electron chi connectivity index (χ4n) is 5.22. The van der Waals surface area contributed by atoms with E-state index in [4.69, 9.17) is 10.5 Å². The van der Waals surface area contributed by atoms with E-state index in [0.717, 1.165) is 30.4 Å². The maximum Gasteiger partial charge on any atom is 0.419 e. The minimum Gasteiger partial charge on any atom is -0.383 e. The molecular formula is C21H23F3N8O. The van der Waals surface area contributed by atoms with Crippen LogP contribution in [0.5, 0.6) is 0 Å². The van der Waals surface area contributed by atoms with E-state index < -0.39 is 23.2 Å². The minimum atomic E-state index is -4.58. The number of alkyl halides is 3. The molecule has 3 aromatic heterocycles. The third-order valence-electron chi connectivity index (χ3n) is 6.92. The molecule has 2 atom stereocenters. The zero-order valence-corrected chi connectivity index (χ0v) is 17.7. The molecule has 1 spiro atoms. The predicted octanol–water partition coefficient (Wildman–Crippen LogP) is 2.75. The summed E-state index contributed by atoms with van der Waals surface area (Å²) in [6.07, 6.45) is 1.65. The number of likely N-dealkylation sites (tertiary alicyclic amines) is 1. The summed E-state index contributed by atoms with van der Waals surface area (Å²) in [5.74, 6) is 0.0222. The molecule has 0 radical (unpaired) electrons. The number of nitrogens with two attached hydrogens (primary N) is 1. The highest BCUT2D eigenvalue weighted by molar-refractivity contribution is 5.63. The molecule has 6 rings (SSSR count). The summed E-state index contributed by atoms with van der Waals surface area (Å²) in [7, 11) is 0. The van der Waals surface area contributed by atoms with Crippen molar-refractivity contribution < 1.29 is 17.9 Å². The number of rotatable bonds is 4. The first-order valence-electron chi connectivity index (χ1n) is 11.0. The molecule has 9 nitrogen and oxygen atoms in total. The molecule has 0 amide bonds. The van der Waals surface area contributed by atoms with Crippen molar-refractivity contribution in [3.05, 3.63) is 41.5 Å². The van der Waals surface area contributed by atoms with Crippen LogP contribution in [0.25, 0.3) is 11.3 Å². The topological polar surface area (TPSA) is 111 Å². The normalized spacial score (nSPS) is 24.3. The Bertz CT molecular complexity index is 1170. The Morgan fingerprint density at radius 2 is 2.06 bits per heavy atom. The van der Waals surface area contributed by atoms with Crippen LogP contribution in [0, 0.1) is 5.92 Å². The van der Waals surface area contributed by atoms with Gasteiger partial charge in [-0.3, -0.25) is 14.7 Å². The van der Waals surface area contributed by atoms with Crippen molar-refractivity contribution in [1.29, 1.82) is 0 Å². The number of halogens is 3. The molecular weight excluding hydrogens is 437 g/mol. The summed E-state index contributed by atoms with van der Waals surface area (Å²) < 4.78 is 48.2. The number of pyridine rings is 1. The highest BCUT2D eigenvalue weighted by Gasteiger charge is 2.50. The van der Waals surface area contributed by atoms with E-state index in [1.807, 2.05) is 10.7 Å². The fourth-order valence-corrected chi connectivity index (χ4v) is 5.22. The van der Waals surface area contributed by atoms with Gasteiger partial charge in [0.05, 0.1) is 48.0 Å². The highest BCUT2D eigenvalue weighted by Crippen LogP contribution is 2.49. The van der Waals surface area contributed by atoms with Crippen molar-refractivity contribution in [2.75, 3.05) is 25.4 Å². The molecule has 2 aliphatic heterocycles. The largest absolute Gasteiger partial charge is 0.419 e. The molecule has 3 N–H and O–H groups in total. The number of nitrogens with zero attached hydrogens (tertiary/aromatic N) is 6. The van der Waals surface area contributed by atoms with Gasteiger partial charge in [-0.2, -0.15) is 18.3 Å². The second-order valence-electron chi connectivity index (χ2n) is 9.05. The van der Waals surface area contributed by atoms with Crippen LogP contribution >= 0.6 is 0 Å². The van der Waals surface area contributed by atoms with Crippen LogP contribution in [0.1, 0.15) is 42.3 Å². The number of nitrogens with one attached hydrogen (secondary N) is 1. The number of H-pyrrole nitrogens is 1. The lowest BCUT2D eigenvalue weighted by Crippen LogP contribution is -2.41. The van der Waals surface area contributed by atoms with Crippen molar-refractivity contribution in [3.8, 4) is 11.3 Å². The minimum absolute atomic E-state index is 0.205. The van der Waals surface area contributed by atoms with Gasteiger partial charge in [-0.15, -0.1) is 5.10 Å². The molecule has 1 saturated carbocycles. The lowest BCUT2D eigenvalue weighted by atomic mass is 9.96. The number of ether oxygens (including phenoxy) is 1. The number of fused-ring (bicyclic) bond motifs is 2. The quantitative estimate of drug-likeness (QED) is 0.616. The Balaban J connectivity index is 1.33. The van der Waals surface area contributed by atoms with Gasteiger partial charge in [-0.05, 0) is 37.3 Å². The van der Waals surface area contributed by atoms with Gasteiger partial charge < -0.3 is 10.5 Å². The van der Waals surface area contributed by atoms with Gasteiger partial charge in [0.2, 0.25) is 0 Å². The van der Waals surface area contributed by atoms with Crippen LogP contribution < -0.4 is 5.73 Å². The second kappa shape index (κ2) is 7.26. The number of anilines is 1. The number of hydrogen-bond donors (Lipinski definition) is 2. The number of aromatic nitrogens is 6. The van der Waals surface area contributed by atoms with Gasteiger partial charge in [0.15, 0.2) is 0 Å². The summed E-state index contributed by atoms with van der Waals surface area (Å²) in [5, 5.41) is 15.5. The molecule has 2 fully saturated rings. The van der Waals surface area contributed by atoms with Crippen LogP contribution in [-0.2, 0) is 23.1 Å². The molecule has 33 heavy (non-hydrogen) atoms. The first-order chi connectivity index (χ1) is 15.8. The molecule has 0 aromatic carbocycles. The maximum atomic E-state index is 13.3. The Hall–Kier alpha value is -2.99. The van der Waals surface area contributed by atoms with Crippen molar-refractivity contribution in [2.24, 2.45) is 5.92 Å². The van der Waals surface area contributed by atoms with Gasteiger partial charge in [-0.1, -0.05) is 5.21 Å². The first-order valence-corrected chi connectivity index (χ1v) is 11.0. The number of hydrogen-bond acceptors (Lipinski definition) is 7. The Morgan fingerprint density at radius 3 is 2.79 bits per heavy atom. The van der Waals surface area contributed by atoms with Crippen molar-refractivity contribution in [3.63, 3.8) is 0 Å². The monoisotopic (exact) mass is 460 g/mol. The average molecular weight is 460 g/mol. The Morgan fingerprint density at radius 1 is 1.21 bits per heavy atom. The van der Waals surface area contributed by atoms with Gasteiger partial charge in [0.25, 0.3) is 0 Å². The molecule has 3 aromatic rings. The van der Waals surface area contributed by atoms with Crippen molar-refractivity contribution >= 4 is 5.82 Å². The van der Waals surface area contributed by atoms with Gasteiger partial charge in [0.1, 0.15) is 11.4 Å². The lowest BCUT2D eigenvalue weighted by Gasteiger charge is -2.35. The first kappa shape index (κ1) is 20.6. The predicted molar refractivity (Wildman–Crippen MR) is 111 cm³/mol. The van der Waals surface area contributed by atoms with E-state index in [9.17, 15) is 13.2 Å². The summed E-state index contributed by atoms with van der Waals surface area (Å²) in [6, 6.07) is 3.05. The SMILES string of the molecule is Nc1ncc(-c2cc3n(n2)CCO[C@@]32CCN(C(c3cnn[nH]3)C3CC3)C2)cc1C(F)(F)F. The standard InChI is InChI=1S/C21H23F3N8O/c22-21(23,24)14-7-13(9-26-19(14)25)15-8-17-20(33-6-5-32(17)29-15)3-4-31(11-20)18(12-1-2-12)16-10-27-30-28-16/h7-10,12,18H,1-6,11H2,(H2,25,26)(H,27,28,30)/t18?,20-/m1/s1. The van der Waals surface area contributed by atoms with E-state index in [0.29, 0.717) is 31.3 Å².